The Bertz CT molecular complexity index is 3740. The Hall–Kier alpha value is -7.92. The van der Waals surface area contributed by atoms with Gasteiger partial charge in [0.05, 0.1) is 79.3 Å². The highest BCUT2D eigenvalue weighted by molar-refractivity contribution is 5.22. The molecule has 16 nitrogen and oxygen atoms in total. The van der Waals surface area contributed by atoms with E-state index < -0.39 is 98.4 Å². The smallest absolute Gasteiger partial charge is 0.187 e. The van der Waals surface area contributed by atoms with Crippen LogP contribution in [0.5, 0.6) is 0 Å². The fraction of sp³-hybridized carbons (Fsp3) is 0.333. The van der Waals surface area contributed by atoms with Crippen LogP contribution in [0.2, 0.25) is 0 Å². The van der Waals surface area contributed by atoms with Crippen molar-refractivity contribution in [3.63, 3.8) is 0 Å². The van der Waals surface area contributed by atoms with E-state index in [2.05, 4.69) is 6.58 Å². The maximum atomic E-state index is 7.78. The summed E-state index contributed by atoms with van der Waals surface area (Å²) >= 11 is 0. The highest BCUT2D eigenvalue weighted by Gasteiger charge is 2.58. The molecule has 0 aliphatic carbocycles. The second-order valence-corrected chi connectivity index (χ2v) is 25.2. The predicted octanol–water partition coefficient (Wildman–Crippen LogP) is 14.2. The molecule has 4 aliphatic heterocycles. The Labute approximate surface area is 586 Å². The van der Waals surface area contributed by atoms with Crippen molar-refractivity contribution in [3.05, 3.63) is 336 Å². The van der Waals surface area contributed by atoms with Crippen LogP contribution in [-0.4, -0.2) is 119 Å². The van der Waals surface area contributed by atoms with Crippen LogP contribution in [0.15, 0.2) is 286 Å². The first-order chi connectivity index (χ1) is 49.5. The van der Waals surface area contributed by atoms with E-state index in [1.807, 2.05) is 273 Å². The maximum Gasteiger partial charge on any atom is 0.187 e. The van der Waals surface area contributed by atoms with Crippen molar-refractivity contribution >= 4 is 0 Å². The van der Waals surface area contributed by atoms with E-state index in [0.29, 0.717) is 0 Å². The van der Waals surface area contributed by atoms with Gasteiger partial charge >= 0.3 is 0 Å². The summed E-state index contributed by atoms with van der Waals surface area (Å²) in [5.41, 5.74) is 8.33. The minimum absolute atomic E-state index is 0.0255. The topological polar surface area (TPSA) is 148 Å². The second-order valence-electron chi connectivity index (χ2n) is 25.2. The van der Waals surface area contributed by atoms with Crippen LogP contribution in [0, 0.1) is 0 Å². The summed E-state index contributed by atoms with van der Waals surface area (Å²) in [7, 11) is 0. The fourth-order valence-electron chi connectivity index (χ4n) is 12.9. The number of fused-ring (bicyclic) bond motifs is 1. The molecule has 16 heteroatoms. The van der Waals surface area contributed by atoms with Crippen LogP contribution < -0.4 is 0 Å². The maximum absolute atomic E-state index is 7.78. The molecule has 4 saturated heterocycles. The van der Waals surface area contributed by atoms with Crippen LogP contribution in [0.1, 0.15) is 56.4 Å². The molecule has 0 unspecified atom stereocenters. The van der Waals surface area contributed by atoms with E-state index in [1.165, 1.54) is 0 Å². The minimum Gasteiger partial charge on any atom is -0.374 e. The van der Waals surface area contributed by atoms with Gasteiger partial charge < -0.3 is 75.8 Å². The van der Waals surface area contributed by atoms with Gasteiger partial charge in [0.15, 0.2) is 25.2 Å². The molecule has 520 valence electrons. The molecule has 13 rings (SSSR count). The zero-order valence-electron chi connectivity index (χ0n) is 56.0. The lowest BCUT2D eigenvalue weighted by Crippen LogP contribution is -2.68. The minimum atomic E-state index is -1.28. The molecule has 0 amide bonds. The molecule has 0 bridgehead atoms. The largest absolute Gasteiger partial charge is 0.374 e. The standard InChI is InChI=1S/C84H88O16/c1-2-48-87-82-78(91-54-65-40-22-8-23-41-65)75(88-51-62-34-16-5-17-35-62)72(69(95-82)57-85-49-60-30-12-3-13-31-60)99-83-79(92-55-66-42-24-9-25-43-66)76(89-52-63-36-18-6-19-37-63)73(70(96-83)58-86-50-61-32-14-4-15-33-61)100-84-80(93-56-67-44-26-10-27-45-67)77(90-53-64-38-20-7-21-39-64)74-71(97-84)59-94-81(98-74)68-46-28-11-29-47-68/h2-47,69-84H,1,48-59H2/t69-,70-,71-,72-,73-,74-,75+,76+,77+,78+,79+,80+,81-,82+,83+,84+/m1/s1. The summed E-state index contributed by atoms with van der Waals surface area (Å²) in [5, 5.41) is 0. The Kier molecular flexibility index (Phi) is 26.2. The van der Waals surface area contributed by atoms with Gasteiger partial charge in [-0.1, -0.05) is 279 Å². The zero-order valence-corrected chi connectivity index (χ0v) is 56.0. The summed E-state index contributed by atoms with van der Waals surface area (Å²) < 4.78 is 115. The lowest BCUT2D eigenvalue weighted by atomic mass is 9.94. The first-order valence-corrected chi connectivity index (χ1v) is 34.5. The van der Waals surface area contributed by atoms with Gasteiger partial charge in [-0.3, -0.25) is 0 Å². The van der Waals surface area contributed by atoms with Crippen molar-refractivity contribution in [2.45, 2.75) is 151 Å². The third kappa shape index (κ3) is 19.6. The Morgan fingerprint density at radius 1 is 0.300 bits per heavy atom. The molecule has 9 aromatic carbocycles. The van der Waals surface area contributed by atoms with Crippen LogP contribution in [0.4, 0.5) is 0 Å². The number of ether oxygens (including phenoxy) is 16. The van der Waals surface area contributed by atoms with Gasteiger partial charge in [-0.05, 0) is 44.5 Å². The summed E-state index contributed by atoms with van der Waals surface area (Å²) in [6, 6.07) is 89.8. The molecule has 0 saturated carbocycles. The molecule has 4 aliphatic rings. The van der Waals surface area contributed by atoms with Crippen LogP contribution >= 0.6 is 0 Å². The van der Waals surface area contributed by atoms with Crippen molar-refractivity contribution in [3.8, 4) is 0 Å². The van der Waals surface area contributed by atoms with Crippen LogP contribution in [0.3, 0.4) is 0 Å². The van der Waals surface area contributed by atoms with E-state index in [0.717, 1.165) is 50.1 Å². The normalized spacial score (nSPS) is 26.7. The number of benzene rings is 9. The highest BCUT2D eigenvalue weighted by atomic mass is 16.8. The molecule has 0 aromatic heterocycles. The Morgan fingerprint density at radius 2 is 0.600 bits per heavy atom. The predicted molar refractivity (Wildman–Crippen MR) is 374 cm³/mol. The van der Waals surface area contributed by atoms with Crippen molar-refractivity contribution in [1.82, 2.24) is 0 Å². The average molecular weight is 1350 g/mol. The lowest BCUT2D eigenvalue weighted by Gasteiger charge is -2.52. The van der Waals surface area contributed by atoms with E-state index in [4.69, 9.17) is 75.8 Å². The third-order valence-electron chi connectivity index (χ3n) is 18.0. The molecule has 0 spiro atoms. The third-order valence-corrected chi connectivity index (χ3v) is 18.0. The van der Waals surface area contributed by atoms with Crippen LogP contribution in [0.25, 0.3) is 0 Å². The Balaban J connectivity index is 0.923. The molecule has 9 aromatic rings. The molecule has 16 atom stereocenters. The van der Waals surface area contributed by atoms with Gasteiger partial charge in [0.25, 0.3) is 0 Å². The highest BCUT2D eigenvalue weighted by Crippen LogP contribution is 2.42. The SMILES string of the molecule is C=CCO[C@H]1O[C@H](COCc2ccccc2)[C@@H](O[C@@H]2O[C@H](COCc3ccccc3)[C@@H](O[C@@H]3O[C@@H]4CO[C@@H](c5ccccc5)O[C@H]4[C@H](OCc4ccccc4)[C@@H]3OCc3ccccc3)[C@H](OCc3ccccc3)[C@@H]2OCc2ccccc2)[C@H](OCc2ccccc2)[C@@H]1OCc1ccccc1. The zero-order chi connectivity index (χ0) is 67.8. The van der Waals surface area contributed by atoms with E-state index in [9.17, 15) is 0 Å². The first kappa shape index (κ1) is 70.5. The first-order valence-electron chi connectivity index (χ1n) is 34.5. The molecular weight excluding hydrogens is 1260 g/mol. The van der Waals surface area contributed by atoms with Crippen LogP contribution in [-0.2, 0) is 129 Å². The summed E-state index contributed by atoms with van der Waals surface area (Å²) in [5.74, 6) is 0. The summed E-state index contributed by atoms with van der Waals surface area (Å²) in [6.45, 7) is 5.83. The summed E-state index contributed by atoms with van der Waals surface area (Å²) in [4.78, 5) is 0. The quantitative estimate of drug-likeness (QED) is 0.0352. The van der Waals surface area contributed by atoms with E-state index >= 15 is 0 Å². The van der Waals surface area contributed by atoms with E-state index in [-0.39, 0.29) is 79.3 Å². The average Bonchev–Trinajstić information content (AvgIpc) is 0.761. The van der Waals surface area contributed by atoms with Gasteiger partial charge in [0.1, 0.15) is 73.2 Å². The molecule has 100 heavy (non-hydrogen) atoms. The number of rotatable bonds is 34. The molecule has 4 fully saturated rings. The molecule has 0 N–H and O–H groups in total. The van der Waals surface area contributed by atoms with Crippen molar-refractivity contribution in [2.75, 3.05) is 26.4 Å². The van der Waals surface area contributed by atoms with Crippen molar-refractivity contribution in [2.24, 2.45) is 0 Å². The lowest BCUT2D eigenvalue weighted by molar-refractivity contribution is -0.406. The van der Waals surface area contributed by atoms with Gasteiger partial charge in [0, 0.05) is 5.56 Å². The number of hydrogen-bond donors (Lipinski definition) is 0. The monoisotopic (exact) mass is 1350 g/mol. The van der Waals surface area contributed by atoms with Gasteiger partial charge in [0.2, 0.25) is 0 Å². The second kappa shape index (κ2) is 37.1. The van der Waals surface area contributed by atoms with Crippen molar-refractivity contribution < 1.29 is 75.8 Å². The van der Waals surface area contributed by atoms with Gasteiger partial charge in [-0.25, -0.2) is 0 Å². The molecule has 4 heterocycles. The van der Waals surface area contributed by atoms with E-state index in [1.54, 1.807) is 6.08 Å². The molecule has 0 radical (unpaired) electrons. The van der Waals surface area contributed by atoms with Gasteiger partial charge in [-0.15, -0.1) is 6.58 Å². The van der Waals surface area contributed by atoms with Gasteiger partial charge in [-0.2, -0.15) is 0 Å². The Morgan fingerprint density at radius 3 is 0.970 bits per heavy atom. The summed E-state index contributed by atoms with van der Waals surface area (Å²) in [6.07, 6.45) is -13.5. The fourth-order valence-corrected chi connectivity index (χ4v) is 12.9. The number of hydrogen-bond acceptors (Lipinski definition) is 16. The molecular formula is C84H88O16. The van der Waals surface area contributed by atoms with Crippen molar-refractivity contribution in [1.29, 1.82) is 0 Å².